The first kappa shape index (κ1) is 62.8. The average Bonchev–Trinajstić information content (AvgIpc) is 3.32. The molecule has 0 saturated carbocycles. The van der Waals surface area contributed by atoms with Crippen LogP contribution in [-0.2, 0) is 23.8 Å². The van der Waals surface area contributed by atoms with Crippen molar-refractivity contribution in [2.75, 3.05) is 19.8 Å². The number of allylic oxidation sites excluding steroid dienone is 16. The van der Waals surface area contributed by atoms with Gasteiger partial charge in [0.15, 0.2) is 6.10 Å². The highest BCUT2D eigenvalue weighted by Gasteiger charge is 2.17. The predicted molar refractivity (Wildman–Crippen MR) is 288 cm³/mol. The van der Waals surface area contributed by atoms with E-state index in [2.05, 4.69) is 118 Å². The van der Waals surface area contributed by atoms with Crippen LogP contribution in [-0.4, -0.2) is 37.9 Å². The molecule has 0 spiro atoms. The van der Waals surface area contributed by atoms with Crippen LogP contribution in [0.1, 0.15) is 252 Å². The Bertz CT molecular complexity index is 1270. The molecule has 0 bridgehead atoms. The van der Waals surface area contributed by atoms with Gasteiger partial charge in [0, 0.05) is 19.4 Å². The molecule has 0 N–H and O–H groups in total. The molecule has 0 fully saturated rings. The molecule has 0 saturated heterocycles. The van der Waals surface area contributed by atoms with Gasteiger partial charge in [0.25, 0.3) is 0 Å². The van der Waals surface area contributed by atoms with Crippen molar-refractivity contribution in [2.24, 2.45) is 0 Å². The zero-order valence-corrected chi connectivity index (χ0v) is 43.4. The highest BCUT2D eigenvalue weighted by Crippen LogP contribution is 2.14. The standard InChI is InChI=1S/C61H104O5/c1-4-7-10-13-16-19-22-25-27-29-31-32-34-37-39-42-45-48-51-54-60(62)65-58-59(66-61(63)55-52-49-46-43-40-36-24-21-18-15-12-9-6-3)57-64-56-53-50-47-44-41-38-35-33-30-28-26-23-20-17-14-11-8-5-2/h7,9-10,12,16,18-19,21,25-28,31-32,36,40,59H,4-6,8,11,13-15,17,20,22-24,29-30,33-35,37-39,41-58H2,1-3H3/b10-7-,12-9-,19-16-,21-18-,27-25-,28-26-,32-31-,40-36-. The maximum absolute atomic E-state index is 12.8. The molecular formula is C61H104O5. The Balaban J connectivity index is 4.32. The number of hydrogen-bond acceptors (Lipinski definition) is 5. The summed E-state index contributed by atoms with van der Waals surface area (Å²) in [5.74, 6) is -0.448. The summed E-state index contributed by atoms with van der Waals surface area (Å²) < 4.78 is 17.4. The molecule has 0 radical (unpaired) electrons. The van der Waals surface area contributed by atoms with Gasteiger partial charge >= 0.3 is 11.9 Å². The molecule has 0 aliphatic rings. The second kappa shape index (κ2) is 56.1. The molecule has 5 heteroatoms. The molecule has 1 atom stereocenters. The monoisotopic (exact) mass is 917 g/mol. The quantitative estimate of drug-likeness (QED) is 0.0346. The molecule has 0 rings (SSSR count). The van der Waals surface area contributed by atoms with Gasteiger partial charge in [0.1, 0.15) is 6.61 Å². The van der Waals surface area contributed by atoms with E-state index in [-0.39, 0.29) is 25.2 Å². The lowest BCUT2D eigenvalue weighted by atomic mass is 10.1. The molecule has 0 aromatic rings. The van der Waals surface area contributed by atoms with E-state index in [4.69, 9.17) is 14.2 Å². The summed E-state index contributed by atoms with van der Waals surface area (Å²) in [5.41, 5.74) is 0. The fraction of sp³-hybridized carbons (Fsp3) is 0.705. The van der Waals surface area contributed by atoms with Crippen LogP contribution >= 0.6 is 0 Å². The van der Waals surface area contributed by atoms with Crippen molar-refractivity contribution < 1.29 is 23.8 Å². The van der Waals surface area contributed by atoms with E-state index in [1.54, 1.807) is 0 Å². The van der Waals surface area contributed by atoms with Crippen LogP contribution in [0.15, 0.2) is 97.2 Å². The maximum Gasteiger partial charge on any atom is 0.306 e. The Labute approximate surface area is 409 Å². The molecule has 0 aromatic carbocycles. The summed E-state index contributed by atoms with van der Waals surface area (Å²) in [6.07, 6.45) is 75.7. The first-order valence-corrected chi connectivity index (χ1v) is 27.8. The summed E-state index contributed by atoms with van der Waals surface area (Å²) in [6, 6.07) is 0. The normalized spacial score (nSPS) is 13.0. The number of esters is 2. The van der Waals surface area contributed by atoms with E-state index < -0.39 is 6.10 Å². The van der Waals surface area contributed by atoms with Gasteiger partial charge in [-0.05, 0) is 116 Å². The van der Waals surface area contributed by atoms with Gasteiger partial charge in [0.2, 0.25) is 0 Å². The van der Waals surface area contributed by atoms with E-state index in [0.717, 1.165) is 109 Å². The smallest absolute Gasteiger partial charge is 0.306 e. The number of carbonyl (C=O) groups excluding carboxylic acids is 2. The third-order valence-electron chi connectivity index (χ3n) is 11.6. The molecular weight excluding hydrogens is 813 g/mol. The van der Waals surface area contributed by atoms with E-state index in [1.807, 2.05) is 0 Å². The molecule has 378 valence electrons. The van der Waals surface area contributed by atoms with Gasteiger partial charge in [-0.1, -0.05) is 221 Å². The fourth-order valence-electron chi connectivity index (χ4n) is 7.51. The molecule has 0 amide bonds. The second-order valence-electron chi connectivity index (χ2n) is 18.1. The highest BCUT2D eigenvalue weighted by molar-refractivity contribution is 5.70. The van der Waals surface area contributed by atoms with Crippen molar-refractivity contribution in [3.05, 3.63) is 97.2 Å². The molecule has 0 aliphatic heterocycles. The van der Waals surface area contributed by atoms with Crippen LogP contribution in [0.5, 0.6) is 0 Å². The second-order valence-corrected chi connectivity index (χ2v) is 18.1. The van der Waals surface area contributed by atoms with E-state index >= 15 is 0 Å². The summed E-state index contributed by atoms with van der Waals surface area (Å²) >= 11 is 0. The predicted octanol–water partition coefficient (Wildman–Crippen LogP) is 19.0. The number of hydrogen-bond donors (Lipinski definition) is 0. The van der Waals surface area contributed by atoms with E-state index in [0.29, 0.717) is 19.4 Å². The van der Waals surface area contributed by atoms with Gasteiger partial charge in [-0.2, -0.15) is 0 Å². The summed E-state index contributed by atoms with van der Waals surface area (Å²) in [4.78, 5) is 25.5. The lowest BCUT2D eigenvalue weighted by molar-refractivity contribution is -0.163. The van der Waals surface area contributed by atoms with Crippen LogP contribution in [0.2, 0.25) is 0 Å². The third-order valence-corrected chi connectivity index (χ3v) is 11.6. The first-order valence-electron chi connectivity index (χ1n) is 27.8. The minimum Gasteiger partial charge on any atom is -0.462 e. The Morgan fingerprint density at radius 3 is 1.12 bits per heavy atom. The molecule has 66 heavy (non-hydrogen) atoms. The minimum atomic E-state index is -0.564. The SMILES string of the molecule is CC/C=C\C/C=C\C/C=C\C/C=C\CCCCCCCCC(=O)OCC(COCCCCCCCCCC/C=C\CCCCCCCC)OC(=O)CCCCC/C=C\C/C=C\C/C=C\CC. The summed E-state index contributed by atoms with van der Waals surface area (Å²) in [5, 5.41) is 0. The first-order chi connectivity index (χ1) is 32.6. The summed E-state index contributed by atoms with van der Waals surface area (Å²) in [6.45, 7) is 7.55. The highest BCUT2D eigenvalue weighted by atomic mass is 16.6. The van der Waals surface area contributed by atoms with Crippen molar-refractivity contribution in [3.8, 4) is 0 Å². The number of rotatable bonds is 50. The molecule has 5 nitrogen and oxygen atoms in total. The van der Waals surface area contributed by atoms with Crippen molar-refractivity contribution in [1.82, 2.24) is 0 Å². The van der Waals surface area contributed by atoms with Gasteiger partial charge in [-0.3, -0.25) is 9.59 Å². The zero-order valence-electron chi connectivity index (χ0n) is 43.4. The Kier molecular flexibility index (Phi) is 53.4. The van der Waals surface area contributed by atoms with Crippen molar-refractivity contribution >= 4 is 11.9 Å². The number of unbranched alkanes of at least 4 members (excludes halogenated alkanes) is 23. The van der Waals surface area contributed by atoms with E-state index in [1.165, 1.54) is 109 Å². The van der Waals surface area contributed by atoms with Gasteiger partial charge in [-0.25, -0.2) is 0 Å². The van der Waals surface area contributed by atoms with Crippen LogP contribution in [0.25, 0.3) is 0 Å². The molecule has 1 unspecified atom stereocenters. The Morgan fingerprint density at radius 2 is 0.682 bits per heavy atom. The van der Waals surface area contributed by atoms with Crippen LogP contribution in [0, 0.1) is 0 Å². The third kappa shape index (κ3) is 53.4. The van der Waals surface area contributed by atoms with Crippen LogP contribution in [0.3, 0.4) is 0 Å². The number of ether oxygens (including phenoxy) is 3. The molecule has 0 aromatic heterocycles. The summed E-state index contributed by atoms with van der Waals surface area (Å²) in [7, 11) is 0. The lowest BCUT2D eigenvalue weighted by Gasteiger charge is -2.18. The minimum absolute atomic E-state index is 0.0604. The topological polar surface area (TPSA) is 61.8 Å². The van der Waals surface area contributed by atoms with Gasteiger partial charge in [-0.15, -0.1) is 0 Å². The van der Waals surface area contributed by atoms with Crippen molar-refractivity contribution in [3.63, 3.8) is 0 Å². The lowest BCUT2D eigenvalue weighted by Crippen LogP contribution is -2.30. The molecule has 0 aliphatic carbocycles. The Morgan fingerprint density at radius 1 is 0.348 bits per heavy atom. The van der Waals surface area contributed by atoms with Crippen LogP contribution < -0.4 is 0 Å². The Hall–Kier alpha value is -3.18. The maximum atomic E-state index is 12.8. The zero-order chi connectivity index (χ0) is 47.7. The molecule has 0 heterocycles. The van der Waals surface area contributed by atoms with Gasteiger partial charge in [0.05, 0.1) is 6.61 Å². The van der Waals surface area contributed by atoms with Crippen molar-refractivity contribution in [2.45, 2.75) is 258 Å². The van der Waals surface area contributed by atoms with Crippen molar-refractivity contribution in [1.29, 1.82) is 0 Å². The fourth-order valence-corrected chi connectivity index (χ4v) is 7.51. The average molecular weight is 917 g/mol. The van der Waals surface area contributed by atoms with Gasteiger partial charge < -0.3 is 14.2 Å². The van der Waals surface area contributed by atoms with E-state index in [9.17, 15) is 9.59 Å². The van der Waals surface area contributed by atoms with Crippen LogP contribution in [0.4, 0.5) is 0 Å². The largest absolute Gasteiger partial charge is 0.462 e. The number of carbonyl (C=O) groups is 2.